The smallest absolute Gasteiger partial charge is 0.316 e. The summed E-state index contributed by atoms with van der Waals surface area (Å²) in [4.78, 5) is 34.5. The van der Waals surface area contributed by atoms with E-state index in [0.717, 1.165) is 6.07 Å². The lowest BCUT2D eigenvalue weighted by molar-refractivity contribution is -0.384. The first-order valence-corrected chi connectivity index (χ1v) is 6.38. The molecule has 0 aliphatic heterocycles. The summed E-state index contributed by atoms with van der Waals surface area (Å²) in [6, 6.07) is 3.52. The quantitative estimate of drug-likeness (QED) is 0.485. The molecule has 8 nitrogen and oxygen atoms in total. The number of halogens is 1. The minimum Gasteiger partial charge on any atom is -0.350 e. The Morgan fingerprint density at radius 1 is 1.29 bits per heavy atom. The number of hydrogen-bond acceptors (Lipinski definition) is 4. The number of nitro groups is 1. The summed E-state index contributed by atoms with van der Waals surface area (Å²) in [7, 11) is 3.20. The average molecular weight is 315 g/mol. The molecule has 2 N–H and O–H groups in total. The van der Waals surface area contributed by atoms with Crippen LogP contribution in [-0.4, -0.2) is 48.9 Å². The molecule has 1 aromatic carbocycles. The van der Waals surface area contributed by atoms with Crippen molar-refractivity contribution in [3.05, 3.63) is 38.9 Å². The van der Waals surface area contributed by atoms with E-state index in [1.54, 1.807) is 14.1 Å². The van der Waals surface area contributed by atoms with E-state index in [-0.39, 0.29) is 35.4 Å². The number of carbonyl (C=O) groups excluding carboxylic acids is 2. The number of carbonyl (C=O) groups is 2. The Balaban J connectivity index is 2.55. The lowest BCUT2D eigenvalue weighted by Crippen LogP contribution is -2.39. The van der Waals surface area contributed by atoms with Crippen LogP contribution in [0.1, 0.15) is 10.4 Å². The maximum absolute atomic E-state index is 11.8. The molecule has 0 aliphatic carbocycles. The standard InChI is InChI=1S/C12H15ClN4O4/c1-16(2)12(19)15-6-5-14-11(18)8-3-4-9(13)10(7-8)17(20)21/h3-4,7H,5-6H2,1-2H3,(H,14,18)(H,15,19). The molecule has 0 heterocycles. The first-order valence-electron chi connectivity index (χ1n) is 6.00. The van der Waals surface area contributed by atoms with Crippen LogP contribution in [0.2, 0.25) is 5.02 Å². The van der Waals surface area contributed by atoms with Crippen LogP contribution < -0.4 is 10.6 Å². The molecule has 0 fully saturated rings. The predicted molar refractivity (Wildman–Crippen MR) is 77.5 cm³/mol. The van der Waals surface area contributed by atoms with E-state index in [1.165, 1.54) is 17.0 Å². The zero-order valence-electron chi connectivity index (χ0n) is 11.6. The van der Waals surface area contributed by atoms with Crippen LogP contribution in [0.25, 0.3) is 0 Å². The molecule has 3 amide bonds. The van der Waals surface area contributed by atoms with Crippen molar-refractivity contribution in [2.24, 2.45) is 0 Å². The van der Waals surface area contributed by atoms with E-state index in [4.69, 9.17) is 11.6 Å². The topological polar surface area (TPSA) is 105 Å². The molecule has 0 aliphatic rings. The molecule has 1 rings (SSSR count). The lowest BCUT2D eigenvalue weighted by atomic mass is 10.2. The first kappa shape index (κ1) is 16.7. The third-order valence-corrected chi connectivity index (χ3v) is 2.82. The van der Waals surface area contributed by atoms with Crippen LogP contribution >= 0.6 is 11.6 Å². The SMILES string of the molecule is CN(C)C(=O)NCCNC(=O)c1ccc(Cl)c([N+](=O)[O-])c1. The highest BCUT2D eigenvalue weighted by Crippen LogP contribution is 2.24. The molecular weight excluding hydrogens is 300 g/mol. The van der Waals surface area contributed by atoms with Gasteiger partial charge in [-0.05, 0) is 12.1 Å². The van der Waals surface area contributed by atoms with Crippen molar-refractivity contribution in [2.75, 3.05) is 27.2 Å². The molecule has 0 saturated heterocycles. The zero-order valence-corrected chi connectivity index (χ0v) is 12.3. The lowest BCUT2D eigenvalue weighted by Gasteiger charge is -2.12. The minimum absolute atomic E-state index is 0.0326. The van der Waals surface area contributed by atoms with Gasteiger partial charge in [-0.3, -0.25) is 14.9 Å². The molecule has 0 spiro atoms. The zero-order chi connectivity index (χ0) is 16.0. The van der Waals surface area contributed by atoms with Gasteiger partial charge in [-0.25, -0.2) is 4.79 Å². The Morgan fingerprint density at radius 3 is 2.48 bits per heavy atom. The molecular formula is C12H15ClN4O4. The number of hydrogen-bond donors (Lipinski definition) is 2. The van der Waals surface area contributed by atoms with E-state index < -0.39 is 10.8 Å². The van der Waals surface area contributed by atoms with Crippen molar-refractivity contribution in [3.8, 4) is 0 Å². The fourth-order valence-electron chi connectivity index (χ4n) is 1.40. The molecule has 0 saturated carbocycles. The summed E-state index contributed by atoms with van der Waals surface area (Å²) in [5.41, 5.74) is -0.199. The van der Waals surface area contributed by atoms with Crippen LogP contribution in [0.15, 0.2) is 18.2 Å². The fraction of sp³-hybridized carbons (Fsp3) is 0.333. The summed E-state index contributed by atoms with van der Waals surface area (Å²) in [6.07, 6.45) is 0. The van der Waals surface area contributed by atoms with Crippen LogP contribution in [0.3, 0.4) is 0 Å². The molecule has 0 unspecified atom stereocenters. The predicted octanol–water partition coefficient (Wildman–Crippen LogP) is 1.25. The highest BCUT2D eigenvalue weighted by Gasteiger charge is 2.16. The van der Waals surface area contributed by atoms with Gasteiger partial charge in [0.25, 0.3) is 11.6 Å². The number of benzene rings is 1. The Labute approximate surface area is 126 Å². The van der Waals surface area contributed by atoms with Crippen molar-refractivity contribution in [1.82, 2.24) is 15.5 Å². The van der Waals surface area contributed by atoms with E-state index >= 15 is 0 Å². The van der Waals surface area contributed by atoms with Crippen LogP contribution in [-0.2, 0) is 0 Å². The summed E-state index contributed by atoms with van der Waals surface area (Å²) in [5, 5.41) is 15.8. The Hall–Kier alpha value is -2.35. The molecule has 1 aromatic rings. The number of nitrogens with one attached hydrogen (secondary N) is 2. The van der Waals surface area contributed by atoms with Crippen molar-refractivity contribution in [1.29, 1.82) is 0 Å². The second-order valence-corrected chi connectivity index (χ2v) is 4.71. The van der Waals surface area contributed by atoms with Gasteiger partial charge in [-0.1, -0.05) is 11.6 Å². The maximum atomic E-state index is 11.8. The van der Waals surface area contributed by atoms with Gasteiger partial charge in [0.05, 0.1) is 4.92 Å². The fourth-order valence-corrected chi connectivity index (χ4v) is 1.59. The normalized spacial score (nSPS) is 9.86. The summed E-state index contributed by atoms with van der Waals surface area (Å²) >= 11 is 5.66. The summed E-state index contributed by atoms with van der Waals surface area (Å²) < 4.78 is 0. The van der Waals surface area contributed by atoms with Gasteiger partial charge in [-0.2, -0.15) is 0 Å². The van der Waals surface area contributed by atoms with Gasteiger partial charge in [0, 0.05) is 38.8 Å². The first-order chi connectivity index (χ1) is 9.82. The Morgan fingerprint density at radius 2 is 1.90 bits per heavy atom. The van der Waals surface area contributed by atoms with Crippen LogP contribution in [0.5, 0.6) is 0 Å². The molecule has 0 radical (unpaired) electrons. The molecule has 0 bridgehead atoms. The second kappa shape index (κ2) is 7.44. The molecule has 0 aromatic heterocycles. The molecule has 114 valence electrons. The number of amides is 3. The Kier molecular flexibility index (Phi) is 5.92. The largest absolute Gasteiger partial charge is 0.350 e. The van der Waals surface area contributed by atoms with E-state index in [9.17, 15) is 19.7 Å². The van der Waals surface area contributed by atoms with Gasteiger partial charge in [-0.15, -0.1) is 0 Å². The monoisotopic (exact) mass is 314 g/mol. The van der Waals surface area contributed by atoms with Gasteiger partial charge < -0.3 is 15.5 Å². The van der Waals surface area contributed by atoms with Crippen molar-refractivity contribution >= 4 is 29.2 Å². The molecule has 9 heteroatoms. The van der Waals surface area contributed by atoms with E-state index in [0.29, 0.717) is 0 Å². The van der Waals surface area contributed by atoms with Crippen molar-refractivity contribution in [3.63, 3.8) is 0 Å². The highest BCUT2D eigenvalue weighted by molar-refractivity contribution is 6.32. The Bertz CT molecular complexity index is 562. The number of nitrogens with zero attached hydrogens (tertiary/aromatic N) is 2. The molecule has 0 atom stereocenters. The highest BCUT2D eigenvalue weighted by atomic mass is 35.5. The van der Waals surface area contributed by atoms with Gasteiger partial charge in [0.15, 0.2) is 0 Å². The number of nitro benzene ring substituents is 1. The number of urea groups is 1. The van der Waals surface area contributed by atoms with Crippen molar-refractivity contribution in [2.45, 2.75) is 0 Å². The summed E-state index contributed by atoms with van der Waals surface area (Å²) in [5.74, 6) is -0.478. The number of rotatable bonds is 5. The van der Waals surface area contributed by atoms with E-state index in [1.807, 2.05) is 0 Å². The van der Waals surface area contributed by atoms with Crippen LogP contribution in [0.4, 0.5) is 10.5 Å². The van der Waals surface area contributed by atoms with Gasteiger partial charge in [0.2, 0.25) is 0 Å². The molecule has 21 heavy (non-hydrogen) atoms. The van der Waals surface area contributed by atoms with Crippen LogP contribution in [0, 0.1) is 10.1 Å². The summed E-state index contributed by atoms with van der Waals surface area (Å²) in [6.45, 7) is 0.452. The minimum atomic E-state index is -0.656. The third kappa shape index (κ3) is 4.92. The van der Waals surface area contributed by atoms with Crippen molar-refractivity contribution < 1.29 is 14.5 Å². The van der Waals surface area contributed by atoms with Gasteiger partial charge in [0.1, 0.15) is 5.02 Å². The average Bonchev–Trinajstić information content (AvgIpc) is 2.43. The van der Waals surface area contributed by atoms with Gasteiger partial charge >= 0.3 is 6.03 Å². The second-order valence-electron chi connectivity index (χ2n) is 4.31. The maximum Gasteiger partial charge on any atom is 0.316 e. The van der Waals surface area contributed by atoms with E-state index in [2.05, 4.69) is 10.6 Å². The third-order valence-electron chi connectivity index (χ3n) is 2.50.